The Balaban J connectivity index is 2.07. The maximum Gasteiger partial charge on any atom is 0.0462 e. The standard InChI is InChI=1S/C12H20N2O/c1-11-5-6-12(10-14-11)9-13-7-3-4-8-15-2/h5-6,10,13H,3-4,7-9H2,1-2H3. The predicted octanol–water partition coefficient (Wildman–Crippen LogP) is 1.91. The molecule has 3 nitrogen and oxygen atoms in total. The number of nitrogens with zero attached hydrogens (tertiary/aromatic N) is 1. The molecule has 0 aliphatic carbocycles. The molecule has 0 aliphatic rings. The fourth-order valence-corrected chi connectivity index (χ4v) is 1.33. The van der Waals surface area contributed by atoms with Crippen molar-refractivity contribution in [3.8, 4) is 0 Å². The molecule has 0 saturated carbocycles. The van der Waals surface area contributed by atoms with Gasteiger partial charge >= 0.3 is 0 Å². The molecule has 84 valence electrons. The normalized spacial score (nSPS) is 10.5. The van der Waals surface area contributed by atoms with Crippen molar-refractivity contribution >= 4 is 0 Å². The molecule has 1 aromatic rings. The van der Waals surface area contributed by atoms with Gasteiger partial charge in [-0.1, -0.05) is 6.07 Å². The van der Waals surface area contributed by atoms with E-state index >= 15 is 0 Å². The Hall–Kier alpha value is -0.930. The molecule has 0 bridgehead atoms. The van der Waals surface area contributed by atoms with Gasteiger partial charge in [0.25, 0.3) is 0 Å². The molecule has 15 heavy (non-hydrogen) atoms. The van der Waals surface area contributed by atoms with Crippen molar-refractivity contribution in [1.82, 2.24) is 10.3 Å². The zero-order valence-electron chi connectivity index (χ0n) is 9.62. The van der Waals surface area contributed by atoms with Crippen molar-refractivity contribution in [2.45, 2.75) is 26.3 Å². The van der Waals surface area contributed by atoms with Crippen LogP contribution in [0.1, 0.15) is 24.1 Å². The van der Waals surface area contributed by atoms with Crippen LogP contribution in [0.15, 0.2) is 18.3 Å². The highest BCUT2D eigenvalue weighted by Crippen LogP contribution is 1.98. The Kier molecular flexibility index (Phi) is 5.97. The smallest absolute Gasteiger partial charge is 0.0462 e. The summed E-state index contributed by atoms with van der Waals surface area (Å²) in [6.45, 7) is 4.80. The average molecular weight is 208 g/mol. The van der Waals surface area contributed by atoms with Gasteiger partial charge in [0.2, 0.25) is 0 Å². The molecule has 0 aliphatic heterocycles. The molecule has 0 radical (unpaired) electrons. The van der Waals surface area contributed by atoms with Crippen molar-refractivity contribution < 1.29 is 4.74 Å². The monoisotopic (exact) mass is 208 g/mol. The van der Waals surface area contributed by atoms with Crippen molar-refractivity contribution in [2.75, 3.05) is 20.3 Å². The number of hydrogen-bond donors (Lipinski definition) is 1. The van der Waals surface area contributed by atoms with Crippen LogP contribution >= 0.6 is 0 Å². The highest BCUT2D eigenvalue weighted by atomic mass is 16.5. The lowest BCUT2D eigenvalue weighted by Crippen LogP contribution is -2.15. The van der Waals surface area contributed by atoms with E-state index in [9.17, 15) is 0 Å². The number of aryl methyl sites for hydroxylation is 1. The first kappa shape index (κ1) is 12.1. The summed E-state index contributed by atoms with van der Waals surface area (Å²) in [6.07, 6.45) is 4.21. The molecule has 0 saturated heterocycles. The first-order valence-electron chi connectivity index (χ1n) is 5.44. The van der Waals surface area contributed by atoms with Gasteiger partial charge in [-0.05, 0) is 37.9 Å². The number of methoxy groups -OCH3 is 1. The summed E-state index contributed by atoms with van der Waals surface area (Å²) in [5, 5.41) is 3.38. The highest BCUT2D eigenvalue weighted by molar-refractivity contribution is 5.12. The average Bonchev–Trinajstić information content (AvgIpc) is 2.26. The van der Waals surface area contributed by atoms with Crippen LogP contribution in [0, 0.1) is 6.92 Å². The topological polar surface area (TPSA) is 34.1 Å². The Morgan fingerprint density at radius 3 is 2.87 bits per heavy atom. The van der Waals surface area contributed by atoms with Crippen LogP contribution in [-0.2, 0) is 11.3 Å². The lowest BCUT2D eigenvalue weighted by atomic mass is 10.2. The second-order valence-corrected chi connectivity index (χ2v) is 3.68. The van der Waals surface area contributed by atoms with E-state index in [2.05, 4.69) is 16.4 Å². The molecule has 0 amide bonds. The van der Waals surface area contributed by atoms with E-state index in [0.717, 1.165) is 38.2 Å². The lowest BCUT2D eigenvalue weighted by Gasteiger charge is -2.04. The molecule has 0 fully saturated rings. The molecule has 1 rings (SSSR count). The third-order valence-corrected chi connectivity index (χ3v) is 2.25. The van der Waals surface area contributed by atoms with Gasteiger partial charge in [0.15, 0.2) is 0 Å². The highest BCUT2D eigenvalue weighted by Gasteiger charge is 1.93. The van der Waals surface area contributed by atoms with Gasteiger partial charge in [-0.3, -0.25) is 4.98 Å². The summed E-state index contributed by atoms with van der Waals surface area (Å²) in [5.74, 6) is 0. The summed E-state index contributed by atoms with van der Waals surface area (Å²) < 4.78 is 4.98. The minimum absolute atomic E-state index is 0.855. The van der Waals surface area contributed by atoms with Gasteiger partial charge in [-0.15, -0.1) is 0 Å². The van der Waals surface area contributed by atoms with Crippen LogP contribution < -0.4 is 5.32 Å². The van der Waals surface area contributed by atoms with Gasteiger partial charge < -0.3 is 10.1 Å². The van der Waals surface area contributed by atoms with E-state index in [1.807, 2.05) is 19.2 Å². The van der Waals surface area contributed by atoms with Crippen molar-refractivity contribution in [3.63, 3.8) is 0 Å². The lowest BCUT2D eigenvalue weighted by molar-refractivity contribution is 0.192. The number of rotatable bonds is 7. The maximum atomic E-state index is 4.98. The molecule has 1 aromatic heterocycles. The molecule has 0 aromatic carbocycles. The molecule has 1 N–H and O–H groups in total. The van der Waals surface area contributed by atoms with Gasteiger partial charge in [0, 0.05) is 32.2 Å². The fraction of sp³-hybridized carbons (Fsp3) is 0.583. The van der Waals surface area contributed by atoms with Crippen molar-refractivity contribution in [2.24, 2.45) is 0 Å². The van der Waals surface area contributed by atoms with Gasteiger partial charge in [0.05, 0.1) is 0 Å². The summed E-state index contributed by atoms with van der Waals surface area (Å²) in [7, 11) is 1.74. The molecular weight excluding hydrogens is 188 g/mol. The number of unbranched alkanes of at least 4 members (excludes halogenated alkanes) is 1. The molecule has 0 unspecified atom stereocenters. The van der Waals surface area contributed by atoms with E-state index in [0.29, 0.717) is 0 Å². The predicted molar refractivity (Wildman–Crippen MR) is 61.8 cm³/mol. The number of ether oxygens (including phenoxy) is 1. The van der Waals surface area contributed by atoms with Crippen molar-refractivity contribution in [3.05, 3.63) is 29.6 Å². The second kappa shape index (κ2) is 7.37. The third-order valence-electron chi connectivity index (χ3n) is 2.25. The molecule has 3 heteroatoms. The van der Waals surface area contributed by atoms with E-state index in [1.54, 1.807) is 7.11 Å². The van der Waals surface area contributed by atoms with Gasteiger partial charge in [-0.25, -0.2) is 0 Å². The fourth-order valence-electron chi connectivity index (χ4n) is 1.33. The second-order valence-electron chi connectivity index (χ2n) is 3.68. The van der Waals surface area contributed by atoms with Crippen LogP contribution in [0.25, 0.3) is 0 Å². The zero-order valence-corrected chi connectivity index (χ0v) is 9.62. The SMILES string of the molecule is COCCCCNCc1ccc(C)nc1. The van der Waals surface area contributed by atoms with Crippen LogP contribution in [-0.4, -0.2) is 25.2 Å². The number of nitrogens with one attached hydrogen (secondary N) is 1. The summed E-state index contributed by atoms with van der Waals surface area (Å²) >= 11 is 0. The van der Waals surface area contributed by atoms with E-state index in [-0.39, 0.29) is 0 Å². The minimum Gasteiger partial charge on any atom is -0.385 e. The third kappa shape index (κ3) is 5.50. The molecular formula is C12H20N2O. The van der Waals surface area contributed by atoms with Gasteiger partial charge in [0.1, 0.15) is 0 Å². The van der Waals surface area contributed by atoms with Crippen LogP contribution in [0.4, 0.5) is 0 Å². The zero-order chi connectivity index (χ0) is 10.9. The van der Waals surface area contributed by atoms with E-state index < -0.39 is 0 Å². The molecule has 0 spiro atoms. The first-order valence-corrected chi connectivity index (χ1v) is 5.44. The first-order chi connectivity index (χ1) is 7.33. The van der Waals surface area contributed by atoms with Crippen LogP contribution in [0.3, 0.4) is 0 Å². The Morgan fingerprint density at radius 1 is 1.33 bits per heavy atom. The van der Waals surface area contributed by atoms with Crippen LogP contribution in [0.2, 0.25) is 0 Å². The quantitative estimate of drug-likeness (QED) is 0.695. The summed E-state index contributed by atoms with van der Waals surface area (Å²) in [6, 6.07) is 4.16. The number of hydrogen-bond acceptors (Lipinski definition) is 3. The Bertz CT molecular complexity index is 259. The van der Waals surface area contributed by atoms with Gasteiger partial charge in [-0.2, -0.15) is 0 Å². The van der Waals surface area contributed by atoms with E-state index in [1.165, 1.54) is 5.56 Å². The molecule has 1 heterocycles. The summed E-state index contributed by atoms with van der Waals surface area (Å²) in [5.41, 5.74) is 2.31. The molecule has 0 atom stereocenters. The van der Waals surface area contributed by atoms with Crippen molar-refractivity contribution in [1.29, 1.82) is 0 Å². The number of aromatic nitrogens is 1. The largest absolute Gasteiger partial charge is 0.385 e. The van der Waals surface area contributed by atoms with E-state index in [4.69, 9.17) is 4.74 Å². The summed E-state index contributed by atoms with van der Waals surface area (Å²) in [4.78, 5) is 4.25. The Morgan fingerprint density at radius 2 is 2.20 bits per heavy atom. The minimum atomic E-state index is 0.855. The maximum absolute atomic E-state index is 4.98. The van der Waals surface area contributed by atoms with Crippen LogP contribution in [0.5, 0.6) is 0 Å². The number of pyridine rings is 1. The Labute approximate surface area is 91.9 Å².